The Morgan fingerprint density at radius 1 is 0.900 bits per heavy atom. The fourth-order valence-corrected chi connectivity index (χ4v) is 1.38. The number of nitrogens with two attached hydrogens (primary N) is 2. The summed E-state index contributed by atoms with van der Waals surface area (Å²) in [5.41, 5.74) is 11.5. The first-order valence-corrected chi connectivity index (χ1v) is 5.93. The molecule has 104 valence electrons. The van der Waals surface area contributed by atoms with Crippen molar-refractivity contribution in [1.82, 2.24) is 9.97 Å². The number of carbonyl (C=O) groups is 2. The molecule has 4 N–H and O–H groups in total. The van der Waals surface area contributed by atoms with Crippen molar-refractivity contribution in [3.05, 3.63) is 60.2 Å². The van der Waals surface area contributed by atoms with Crippen molar-refractivity contribution in [2.75, 3.05) is 0 Å². The Kier molecular flexibility index (Phi) is 6.40. The predicted molar refractivity (Wildman–Crippen MR) is 74.3 cm³/mol. The third kappa shape index (κ3) is 6.85. The summed E-state index contributed by atoms with van der Waals surface area (Å²) in [6.07, 6.45) is 5.43. The number of carbonyl (C=O) groups excluding carboxylic acids is 2. The summed E-state index contributed by atoms with van der Waals surface area (Å²) in [6, 6.07) is 8.93. The lowest BCUT2D eigenvalue weighted by molar-refractivity contribution is -0.118. The molecule has 6 heteroatoms. The number of nitrogens with zero attached hydrogens (tertiary/aromatic N) is 2. The van der Waals surface area contributed by atoms with Gasteiger partial charge in [0.2, 0.25) is 11.8 Å². The molecule has 0 aliphatic rings. The van der Waals surface area contributed by atoms with E-state index in [9.17, 15) is 9.59 Å². The highest BCUT2D eigenvalue weighted by atomic mass is 16.1. The first-order chi connectivity index (χ1) is 9.58. The number of pyridine rings is 2. The molecule has 6 nitrogen and oxygen atoms in total. The summed E-state index contributed by atoms with van der Waals surface area (Å²) in [5, 5.41) is 0. The van der Waals surface area contributed by atoms with E-state index in [-0.39, 0.29) is 18.2 Å². The number of aromatic nitrogens is 2. The molecule has 0 saturated carbocycles. The van der Waals surface area contributed by atoms with Crippen LogP contribution in [-0.2, 0) is 22.4 Å². The van der Waals surface area contributed by atoms with E-state index in [2.05, 4.69) is 9.97 Å². The normalized spacial score (nSPS) is 9.20. The zero-order valence-corrected chi connectivity index (χ0v) is 10.9. The molecule has 0 fully saturated rings. The van der Waals surface area contributed by atoms with E-state index in [0.29, 0.717) is 6.42 Å². The summed E-state index contributed by atoms with van der Waals surface area (Å²) in [6.45, 7) is 0. The van der Waals surface area contributed by atoms with Crippen molar-refractivity contribution in [3.8, 4) is 0 Å². The SMILES string of the molecule is NC(=O)Cc1ccccn1.NC(=O)Cc1ccncc1. The zero-order chi connectivity index (χ0) is 14.8. The van der Waals surface area contributed by atoms with Gasteiger partial charge in [-0.25, -0.2) is 0 Å². The Bertz CT molecular complexity index is 492. The molecule has 0 aliphatic heterocycles. The Balaban J connectivity index is 0.000000200. The van der Waals surface area contributed by atoms with Crippen LogP contribution in [0.3, 0.4) is 0 Å². The van der Waals surface area contributed by atoms with Gasteiger partial charge in [0.25, 0.3) is 0 Å². The Hall–Kier alpha value is -2.76. The number of rotatable bonds is 4. The van der Waals surface area contributed by atoms with E-state index in [4.69, 9.17) is 11.5 Å². The van der Waals surface area contributed by atoms with Crippen LogP contribution in [0, 0.1) is 0 Å². The largest absolute Gasteiger partial charge is 0.369 e. The third-order valence-corrected chi connectivity index (χ3v) is 2.21. The van der Waals surface area contributed by atoms with Crippen molar-refractivity contribution in [2.45, 2.75) is 12.8 Å². The van der Waals surface area contributed by atoms with Crippen molar-refractivity contribution in [1.29, 1.82) is 0 Å². The van der Waals surface area contributed by atoms with Crippen molar-refractivity contribution in [2.24, 2.45) is 11.5 Å². The quantitative estimate of drug-likeness (QED) is 0.828. The van der Waals surface area contributed by atoms with Crippen LogP contribution >= 0.6 is 0 Å². The molecule has 2 aromatic rings. The number of primary amides is 2. The summed E-state index contributed by atoms with van der Waals surface area (Å²) < 4.78 is 0. The topological polar surface area (TPSA) is 112 Å². The highest BCUT2D eigenvalue weighted by Gasteiger charge is 1.96. The minimum Gasteiger partial charge on any atom is -0.369 e. The van der Waals surface area contributed by atoms with Crippen LogP contribution in [0.1, 0.15) is 11.3 Å². The maximum atomic E-state index is 10.4. The van der Waals surface area contributed by atoms with Gasteiger partial charge in [-0.2, -0.15) is 0 Å². The highest BCUT2D eigenvalue weighted by Crippen LogP contribution is 1.95. The maximum absolute atomic E-state index is 10.4. The molecule has 0 bridgehead atoms. The minimum atomic E-state index is -0.348. The summed E-state index contributed by atoms with van der Waals surface area (Å²) >= 11 is 0. The lowest BCUT2D eigenvalue weighted by Crippen LogP contribution is -2.14. The van der Waals surface area contributed by atoms with Gasteiger partial charge in [-0.05, 0) is 29.8 Å². The molecule has 0 spiro atoms. The van der Waals surface area contributed by atoms with E-state index in [0.717, 1.165) is 11.3 Å². The average Bonchev–Trinajstić information content (AvgIpc) is 2.40. The molecule has 0 aliphatic carbocycles. The molecule has 0 unspecified atom stereocenters. The molecule has 0 radical (unpaired) electrons. The fourth-order valence-electron chi connectivity index (χ4n) is 1.38. The first-order valence-electron chi connectivity index (χ1n) is 5.93. The molecular formula is C14H16N4O2. The summed E-state index contributed by atoms with van der Waals surface area (Å²) in [5.74, 6) is -0.662. The summed E-state index contributed by atoms with van der Waals surface area (Å²) in [7, 11) is 0. The molecule has 0 saturated heterocycles. The minimum absolute atomic E-state index is 0.223. The second kappa shape index (κ2) is 8.36. The standard InChI is InChI=1S/2C7H8N2O/c8-7(10)5-6-1-3-9-4-2-6;8-7(10)5-6-3-1-2-4-9-6/h2*1-4H,5H2,(H2,8,10). The van der Waals surface area contributed by atoms with Crippen molar-refractivity contribution < 1.29 is 9.59 Å². The fraction of sp³-hybridized carbons (Fsp3) is 0.143. The molecular weight excluding hydrogens is 256 g/mol. The maximum Gasteiger partial charge on any atom is 0.223 e. The molecule has 2 amide bonds. The number of hydrogen-bond acceptors (Lipinski definition) is 4. The van der Waals surface area contributed by atoms with Gasteiger partial charge in [0.1, 0.15) is 0 Å². The van der Waals surface area contributed by atoms with Crippen LogP contribution in [0.4, 0.5) is 0 Å². The Labute approximate surface area is 116 Å². The zero-order valence-electron chi connectivity index (χ0n) is 10.9. The molecule has 2 rings (SSSR count). The summed E-state index contributed by atoms with van der Waals surface area (Å²) in [4.78, 5) is 28.4. The second-order valence-corrected chi connectivity index (χ2v) is 3.96. The van der Waals surface area contributed by atoms with Gasteiger partial charge in [0.15, 0.2) is 0 Å². The second-order valence-electron chi connectivity index (χ2n) is 3.96. The first kappa shape index (κ1) is 15.3. The van der Waals surface area contributed by atoms with Gasteiger partial charge in [0.05, 0.1) is 12.8 Å². The molecule has 20 heavy (non-hydrogen) atoms. The Morgan fingerprint density at radius 2 is 1.55 bits per heavy atom. The molecule has 0 atom stereocenters. The third-order valence-electron chi connectivity index (χ3n) is 2.21. The highest BCUT2D eigenvalue weighted by molar-refractivity contribution is 5.76. The van der Waals surface area contributed by atoms with Gasteiger partial charge in [-0.1, -0.05) is 6.07 Å². The van der Waals surface area contributed by atoms with Gasteiger partial charge >= 0.3 is 0 Å². The smallest absolute Gasteiger partial charge is 0.223 e. The van der Waals surface area contributed by atoms with Crippen molar-refractivity contribution >= 4 is 11.8 Å². The van der Waals surface area contributed by atoms with Gasteiger partial charge in [0, 0.05) is 24.3 Å². The van der Waals surface area contributed by atoms with E-state index >= 15 is 0 Å². The van der Waals surface area contributed by atoms with Gasteiger partial charge in [-0.3, -0.25) is 19.6 Å². The molecule has 2 aromatic heterocycles. The predicted octanol–water partition coefficient (Wildman–Crippen LogP) is 0.219. The monoisotopic (exact) mass is 272 g/mol. The van der Waals surface area contributed by atoms with Gasteiger partial charge in [-0.15, -0.1) is 0 Å². The average molecular weight is 272 g/mol. The van der Waals surface area contributed by atoms with Crippen LogP contribution in [-0.4, -0.2) is 21.8 Å². The van der Waals surface area contributed by atoms with E-state index in [1.54, 1.807) is 42.9 Å². The van der Waals surface area contributed by atoms with Crippen LogP contribution in [0.5, 0.6) is 0 Å². The van der Waals surface area contributed by atoms with Crippen LogP contribution in [0.15, 0.2) is 48.9 Å². The van der Waals surface area contributed by atoms with Crippen LogP contribution < -0.4 is 11.5 Å². The number of amides is 2. The van der Waals surface area contributed by atoms with Crippen LogP contribution in [0.25, 0.3) is 0 Å². The van der Waals surface area contributed by atoms with Gasteiger partial charge < -0.3 is 11.5 Å². The lowest BCUT2D eigenvalue weighted by atomic mass is 10.2. The van der Waals surface area contributed by atoms with E-state index in [1.807, 2.05) is 6.07 Å². The van der Waals surface area contributed by atoms with E-state index in [1.165, 1.54) is 0 Å². The Morgan fingerprint density at radius 3 is 2.05 bits per heavy atom. The lowest BCUT2D eigenvalue weighted by Gasteiger charge is -1.93. The number of hydrogen-bond donors (Lipinski definition) is 2. The molecule has 0 aromatic carbocycles. The molecule has 2 heterocycles. The van der Waals surface area contributed by atoms with E-state index < -0.39 is 0 Å². The van der Waals surface area contributed by atoms with Crippen LogP contribution in [0.2, 0.25) is 0 Å². The van der Waals surface area contributed by atoms with Crippen molar-refractivity contribution in [3.63, 3.8) is 0 Å².